The molecule has 2 heterocycles. The van der Waals surface area contributed by atoms with E-state index in [4.69, 9.17) is 5.11 Å². The zero-order valence-electron chi connectivity index (χ0n) is 12.2. The van der Waals surface area contributed by atoms with Crippen LogP contribution in [0.4, 0.5) is 0 Å². The van der Waals surface area contributed by atoms with Crippen LogP contribution in [0.3, 0.4) is 0 Å². The minimum absolute atomic E-state index is 0.343. The van der Waals surface area contributed by atoms with E-state index in [9.17, 15) is 4.79 Å². The number of carboxylic acids is 1. The minimum Gasteiger partial charge on any atom is -0.480 e. The summed E-state index contributed by atoms with van der Waals surface area (Å²) < 4.78 is 0. The van der Waals surface area contributed by atoms with Gasteiger partial charge in [-0.15, -0.1) is 10.2 Å². The molecule has 0 spiro atoms. The normalized spacial score (nSPS) is 32.6. The quantitative estimate of drug-likeness (QED) is 0.748. The lowest BCUT2D eigenvalue weighted by Crippen LogP contribution is -2.49. The topological polar surface area (TPSA) is 104 Å². The minimum atomic E-state index is -0.701. The van der Waals surface area contributed by atoms with Crippen molar-refractivity contribution in [3.8, 4) is 0 Å². The summed E-state index contributed by atoms with van der Waals surface area (Å²) in [6.45, 7) is 0.872. The molecule has 0 radical (unpaired) electrons. The average molecular weight is 293 g/mol. The van der Waals surface area contributed by atoms with E-state index in [-0.39, 0.29) is 6.04 Å². The summed E-state index contributed by atoms with van der Waals surface area (Å²) in [5.41, 5.74) is 0. The molecule has 0 bridgehead atoms. The summed E-state index contributed by atoms with van der Waals surface area (Å²) >= 11 is 0. The van der Waals surface area contributed by atoms with Gasteiger partial charge in [-0.2, -0.15) is 5.21 Å². The zero-order chi connectivity index (χ0) is 14.7. The first-order valence-corrected chi connectivity index (χ1v) is 7.91. The van der Waals surface area contributed by atoms with Crippen molar-refractivity contribution in [2.45, 2.75) is 51.0 Å². The van der Waals surface area contributed by atoms with Crippen LogP contribution in [-0.4, -0.2) is 44.3 Å². The summed E-state index contributed by atoms with van der Waals surface area (Å²) in [7, 11) is 0. The number of carboxylic acid groups (broad SMARTS) is 1. The third kappa shape index (κ3) is 3.58. The van der Waals surface area contributed by atoms with Gasteiger partial charge in [0, 0.05) is 6.42 Å². The van der Waals surface area contributed by atoms with Crippen LogP contribution in [0.5, 0.6) is 0 Å². The Bertz CT molecular complexity index is 464. The molecule has 0 amide bonds. The summed E-state index contributed by atoms with van der Waals surface area (Å²) in [6, 6.07) is -0.343. The molecule has 116 valence electrons. The third-order valence-electron chi connectivity index (χ3n) is 5.11. The van der Waals surface area contributed by atoms with Gasteiger partial charge in [0.2, 0.25) is 0 Å². The van der Waals surface area contributed by atoms with E-state index in [0.717, 1.165) is 37.5 Å². The van der Waals surface area contributed by atoms with Gasteiger partial charge in [-0.3, -0.25) is 4.79 Å². The predicted octanol–water partition coefficient (Wildman–Crippen LogP) is 1.00. The van der Waals surface area contributed by atoms with Gasteiger partial charge in [-0.05, 0) is 50.0 Å². The Morgan fingerprint density at radius 1 is 1.29 bits per heavy atom. The molecule has 7 nitrogen and oxygen atoms in total. The van der Waals surface area contributed by atoms with E-state index in [1.54, 1.807) is 0 Å². The second-order valence-electron chi connectivity index (χ2n) is 6.45. The molecular weight excluding hydrogens is 270 g/mol. The summed E-state index contributed by atoms with van der Waals surface area (Å²) in [4.78, 5) is 11.1. The average Bonchev–Trinajstić information content (AvgIpc) is 2.99. The van der Waals surface area contributed by atoms with E-state index in [0.29, 0.717) is 11.8 Å². The number of aliphatic carboxylic acids is 1. The molecule has 2 aliphatic rings. The van der Waals surface area contributed by atoms with Crippen molar-refractivity contribution < 1.29 is 9.90 Å². The largest absolute Gasteiger partial charge is 0.480 e. The van der Waals surface area contributed by atoms with Gasteiger partial charge in [0.1, 0.15) is 6.04 Å². The van der Waals surface area contributed by atoms with Gasteiger partial charge in [0.05, 0.1) is 0 Å². The standard InChI is InChI=1S/C14H23N5O2/c20-14(21)12-7-11-6-9(4-5-10(11)8-15-12)2-1-3-13-16-18-19-17-13/h9-12,15H,1-8H2,(H,20,21)(H,16,17,18,19)/t9-,10-,11+,12-/m0/s1. The maximum absolute atomic E-state index is 11.1. The van der Waals surface area contributed by atoms with Crippen LogP contribution in [0.1, 0.15) is 44.3 Å². The highest BCUT2D eigenvalue weighted by Crippen LogP contribution is 2.40. The fourth-order valence-electron chi connectivity index (χ4n) is 3.95. The second-order valence-corrected chi connectivity index (χ2v) is 6.45. The first kappa shape index (κ1) is 14.4. The lowest BCUT2D eigenvalue weighted by molar-refractivity contribution is -0.141. The maximum atomic E-state index is 11.1. The molecule has 1 aliphatic carbocycles. The monoisotopic (exact) mass is 293 g/mol. The van der Waals surface area contributed by atoms with E-state index < -0.39 is 5.97 Å². The van der Waals surface area contributed by atoms with Crippen LogP contribution in [0, 0.1) is 17.8 Å². The first-order valence-electron chi connectivity index (χ1n) is 7.91. The highest BCUT2D eigenvalue weighted by molar-refractivity contribution is 5.73. The molecule has 1 saturated carbocycles. The molecule has 1 aromatic heterocycles. The molecule has 4 atom stereocenters. The van der Waals surface area contributed by atoms with Crippen LogP contribution in [0.25, 0.3) is 0 Å². The lowest BCUT2D eigenvalue weighted by atomic mass is 9.68. The number of nitrogens with zero attached hydrogens (tertiary/aromatic N) is 3. The molecule has 21 heavy (non-hydrogen) atoms. The Hall–Kier alpha value is -1.50. The van der Waals surface area contributed by atoms with Crippen molar-refractivity contribution in [2.24, 2.45) is 17.8 Å². The molecular formula is C14H23N5O2. The number of aromatic amines is 1. The van der Waals surface area contributed by atoms with Crippen LogP contribution >= 0.6 is 0 Å². The smallest absolute Gasteiger partial charge is 0.320 e. The number of aromatic nitrogens is 4. The number of tetrazole rings is 1. The van der Waals surface area contributed by atoms with Crippen LogP contribution in [0.2, 0.25) is 0 Å². The van der Waals surface area contributed by atoms with Gasteiger partial charge in [0.15, 0.2) is 5.82 Å². The molecule has 2 fully saturated rings. The number of aryl methyl sites for hydroxylation is 1. The number of hydrogen-bond donors (Lipinski definition) is 3. The lowest BCUT2D eigenvalue weighted by Gasteiger charge is -2.41. The Balaban J connectivity index is 1.45. The van der Waals surface area contributed by atoms with Crippen molar-refractivity contribution in [1.82, 2.24) is 25.9 Å². The van der Waals surface area contributed by atoms with Crippen LogP contribution < -0.4 is 5.32 Å². The number of nitrogens with one attached hydrogen (secondary N) is 2. The van der Waals surface area contributed by atoms with Crippen molar-refractivity contribution in [1.29, 1.82) is 0 Å². The number of rotatable bonds is 5. The van der Waals surface area contributed by atoms with E-state index in [1.165, 1.54) is 25.7 Å². The zero-order valence-corrected chi connectivity index (χ0v) is 12.2. The Morgan fingerprint density at radius 2 is 2.19 bits per heavy atom. The number of carbonyl (C=O) groups is 1. The van der Waals surface area contributed by atoms with Gasteiger partial charge >= 0.3 is 5.97 Å². The van der Waals surface area contributed by atoms with E-state index in [1.807, 2.05) is 0 Å². The molecule has 1 saturated heterocycles. The number of piperidine rings is 1. The highest BCUT2D eigenvalue weighted by atomic mass is 16.4. The number of fused-ring (bicyclic) bond motifs is 1. The Labute approximate surface area is 123 Å². The molecule has 0 unspecified atom stereocenters. The molecule has 1 aromatic rings. The molecule has 3 rings (SSSR count). The number of hydrogen-bond acceptors (Lipinski definition) is 5. The maximum Gasteiger partial charge on any atom is 0.320 e. The van der Waals surface area contributed by atoms with Crippen molar-refractivity contribution in [3.63, 3.8) is 0 Å². The van der Waals surface area contributed by atoms with Crippen molar-refractivity contribution >= 4 is 5.97 Å². The molecule has 7 heteroatoms. The van der Waals surface area contributed by atoms with Gasteiger partial charge in [-0.25, -0.2) is 0 Å². The number of H-pyrrole nitrogens is 1. The van der Waals surface area contributed by atoms with E-state index in [2.05, 4.69) is 25.9 Å². The van der Waals surface area contributed by atoms with Gasteiger partial charge in [-0.1, -0.05) is 18.1 Å². The molecule has 3 N–H and O–H groups in total. The fraction of sp³-hybridized carbons (Fsp3) is 0.857. The molecule has 0 aromatic carbocycles. The fourth-order valence-corrected chi connectivity index (χ4v) is 3.95. The summed E-state index contributed by atoms with van der Waals surface area (Å²) in [5.74, 6) is 2.07. The van der Waals surface area contributed by atoms with Gasteiger partial charge < -0.3 is 10.4 Å². The predicted molar refractivity (Wildman–Crippen MR) is 75.5 cm³/mol. The second kappa shape index (κ2) is 6.51. The Morgan fingerprint density at radius 3 is 2.95 bits per heavy atom. The summed E-state index contributed by atoms with van der Waals surface area (Å²) in [5, 5.41) is 26.3. The highest BCUT2D eigenvalue weighted by Gasteiger charge is 2.37. The summed E-state index contributed by atoms with van der Waals surface area (Å²) in [6.07, 6.45) is 7.62. The van der Waals surface area contributed by atoms with Crippen molar-refractivity contribution in [2.75, 3.05) is 6.54 Å². The van der Waals surface area contributed by atoms with Gasteiger partial charge in [0.25, 0.3) is 0 Å². The SMILES string of the molecule is O=C(O)[C@@H]1C[C@H]2C[C@@H](CCCc3nn[nH]n3)CC[C@H]2CN1. The molecule has 1 aliphatic heterocycles. The Kier molecular flexibility index (Phi) is 4.48. The van der Waals surface area contributed by atoms with Crippen LogP contribution in [0.15, 0.2) is 0 Å². The van der Waals surface area contributed by atoms with Crippen LogP contribution in [-0.2, 0) is 11.2 Å². The van der Waals surface area contributed by atoms with E-state index >= 15 is 0 Å². The first-order chi connectivity index (χ1) is 10.2. The van der Waals surface area contributed by atoms with Crippen molar-refractivity contribution in [3.05, 3.63) is 5.82 Å². The third-order valence-corrected chi connectivity index (χ3v) is 5.11.